The molecule has 0 aliphatic heterocycles. The van der Waals surface area contributed by atoms with E-state index in [0.29, 0.717) is 0 Å². The molecule has 1 aliphatic carbocycles. The monoisotopic (exact) mass is 272 g/mol. The van der Waals surface area contributed by atoms with Crippen LogP contribution >= 0.6 is 0 Å². The Balaban J connectivity index is 1.98. The number of anilines is 2. The van der Waals surface area contributed by atoms with E-state index in [1.165, 1.54) is 6.07 Å². The molecule has 104 valence electrons. The van der Waals surface area contributed by atoms with Gasteiger partial charge in [0.05, 0.1) is 0 Å². The third-order valence-corrected chi connectivity index (χ3v) is 3.28. The molecule has 0 aromatic heterocycles. The van der Waals surface area contributed by atoms with Crippen LogP contribution in [0.15, 0.2) is 18.2 Å². The van der Waals surface area contributed by atoms with Crippen LogP contribution in [-0.4, -0.2) is 11.8 Å². The second-order valence-electron chi connectivity index (χ2n) is 4.89. The number of rotatable bonds is 2. The molecule has 6 heteroatoms. The van der Waals surface area contributed by atoms with Crippen LogP contribution in [0.4, 0.5) is 24.5 Å². The molecule has 0 saturated heterocycles. The minimum absolute atomic E-state index is 0.142. The predicted molar refractivity (Wildman–Crippen MR) is 66.3 cm³/mol. The molecule has 3 N–H and O–H groups in total. The fourth-order valence-corrected chi connectivity index (χ4v) is 2.23. The summed E-state index contributed by atoms with van der Waals surface area (Å²) in [6.07, 6.45) is -0.278. The quantitative estimate of drug-likeness (QED) is 0.812. The summed E-state index contributed by atoms with van der Waals surface area (Å²) in [7, 11) is 0. The Labute approximate surface area is 109 Å². The van der Waals surface area contributed by atoms with Crippen LogP contribution in [0.3, 0.4) is 0 Å². The second-order valence-corrected chi connectivity index (χ2v) is 4.89. The third kappa shape index (κ3) is 3.62. The molecule has 3 nitrogen and oxygen atoms in total. The average Bonchev–Trinajstić information content (AvgIpc) is 2.26. The summed E-state index contributed by atoms with van der Waals surface area (Å²) in [6.45, 7) is 0. The van der Waals surface area contributed by atoms with Crippen molar-refractivity contribution in [1.82, 2.24) is 0 Å². The highest BCUT2D eigenvalue weighted by molar-refractivity contribution is 5.93. The van der Waals surface area contributed by atoms with Gasteiger partial charge in [0.1, 0.15) is 5.82 Å². The number of nitrogens with one attached hydrogen (secondary N) is 1. The van der Waals surface area contributed by atoms with E-state index in [9.17, 15) is 18.0 Å². The van der Waals surface area contributed by atoms with Crippen LogP contribution in [0.2, 0.25) is 0 Å². The summed E-state index contributed by atoms with van der Waals surface area (Å²) in [4.78, 5) is 11.9. The summed E-state index contributed by atoms with van der Waals surface area (Å²) >= 11 is 0. The third-order valence-electron chi connectivity index (χ3n) is 3.28. The lowest BCUT2D eigenvalue weighted by Crippen LogP contribution is -2.31. The molecular weight excluding hydrogens is 257 g/mol. The fourth-order valence-electron chi connectivity index (χ4n) is 2.23. The van der Waals surface area contributed by atoms with Gasteiger partial charge in [-0.2, -0.15) is 0 Å². The number of carbonyl (C=O) groups excluding carboxylic acids is 1. The normalized spacial score (nSPS) is 19.1. The van der Waals surface area contributed by atoms with Gasteiger partial charge in [0.15, 0.2) is 0 Å². The van der Waals surface area contributed by atoms with Crippen LogP contribution in [0.1, 0.15) is 25.7 Å². The van der Waals surface area contributed by atoms with Crippen molar-refractivity contribution in [1.29, 1.82) is 0 Å². The predicted octanol–water partition coefficient (Wildman–Crippen LogP) is 3.17. The number of carbonyl (C=O) groups is 1. The molecular formula is C13H15F3N2O. The Morgan fingerprint density at radius 2 is 1.89 bits per heavy atom. The van der Waals surface area contributed by atoms with E-state index in [0.717, 1.165) is 12.1 Å². The summed E-state index contributed by atoms with van der Waals surface area (Å²) < 4.78 is 39.0. The van der Waals surface area contributed by atoms with Gasteiger partial charge in [-0.3, -0.25) is 4.79 Å². The molecule has 1 fully saturated rings. The number of alkyl halides is 2. The molecule has 1 saturated carbocycles. The largest absolute Gasteiger partial charge is 0.399 e. The van der Waals surface area contributed by atoms with Crippen LogP contribution in [-0.2, 0) is 4.79 Å². The first-order valence-electron chi connectivity index (χ1n) is 6.10. The number of halogens is 3. The molecule has 0 bridgehead atoms. The first-order chi connectivity index (χ1) is 8.85. The maximum Gasteiger partial charge on any atom is 0.248 e. The van der Waals surface area contributed by atoms with E-state index in [1.54, 1.807) is 0 Å². The molecule has 0 spiro atoms. The van der Waals surface area contributed by atoms with Gasteiger partial charge in [-0.1, -0.05) is 0 Å². The van der Waals surface area contributed by atoms with Crippen molar-refractivity contribution >= 4 is 17.3 Å². The SMILES string of the molecule is Nc1cc(F)cc(NC(=O)C2CCC(F)(F)CC2)c1. The fraction of sp³-hybridized carbons (Fsp3) is 0.462. The summed E-state index contributed by atoms with van der Waals surface area (Å²) in [6, 6.07) is 3.71. The number of amides is 1. The highest BCUT2D eigenvalue weighted by atomic mass is 19.3. The number of nitrogen functional groups attached to an aromatic ring is 1. The Morgan fingerprint density at radius 3 is 2.47 bits per heavy atom. The lowest BCUT2D eigenvalue weighted by molar-refractivity contribution is -0.124. The number of hydrogen-bond acceptors (Lipinski definition) is 2. The van der Waals surface area contributed by atoms with E-state index in [2.05, 4.69) is 5.32 Å². The number of benzene rings is 1. The van der Waals surface area contributed by atoms with Gasteiger partial charge in [0.2, 0.25) is 11.8 Å². The lowest BCUT2D eigenvalue weighted by atomic mass is 9.86. The van der Waals surface area contributed by atoms with Gasteiger partial charge in [-0.25, -0.2) is 13.2 Å². The zero-order valence-electron chi connectivity index (χ0n) is 10.3. The molecule has 1 aromatic rings. The molecule has 0 atom stereocenters. The van der Waals surface area contributed by atoms with E-state index in [1.807, 2.05) is 0 Å². The van der Waals surface area contributed by atoms with E-state index in [4.69, 9.17) is 5.73 Å². The molecule has 1 aromatic carbocycles. The van der Waals surface area contributed by atoms with Crippen molar-refractivity contribution in [2.75, 3.05) is 11.1 Å². The molecule has 0 radical (unpaired) electrons. The van der Waals surface area contributed by atoms with Crippen LogP contribution in [0.25, 0.3) is 0 Å². The summed E-state index contributed by atoms with van der Waals surface area (Å²) in [5.74, 6) is -4.03. The van der Waals surface area contributed by atoms with Gasteiger partial charge in [0, 0.05) is 30.1 Å². The van der Waals surface area contributed by atoms with E-state index >= 15 is 0 Å². The van der Waals surface area contributed by atoms with Crippen LogP contribution in [0.5, 0.6) is 0 Å². The first kappa shape index (κ1) is 13.7. The molecule has 0 unspecified atom stereocenters. The average molecular weight is 272 g/mol. The Hall–Kier alpha value is -1.72. The summed E-state index contributed by atoms with van der Waals surface area (Å²) in [5, 5.41) is 2.52. The zero-order chi connectivity index (χ0) is 14.0. The molecule has 1 amide bonds. The summed E-state index contributed by atoms with van der Waals surface area (Å²) in [5.41, 5.74) is 5.91. The molecule has 2 rings (SSSR count). The lowest BCUT2D eigenvalue weighted by Gasteiger charge is -2.27. The minimum Gasteiger partial charge on any atom is -0.399 e. The zero-order valence-corrected chi connectivity index (χ0v) is 10.3. The van der Waals surface area contributed by atoms with E-state index in [-0.39, 0.29) is 43.0 Å². The Bertz CT molecular complexity index is 461. The topological polar surface area (TPSA) is 55.1 Å². The first-order valence-corrected chi connectivity index (χ1v) is 6.10. The Morgan fingerprint density at radius 1 is 1.26 bits per heavy atom. The van der Waals surface area contributed by atoms with E-state index < -0.39 is 17.7 Å². The maximum atomic E-state index is 13.1. The van der Waals surface area contributed by atoms with Crippen molar-refractivity contribution < 1.29 is 18.0 Å². The van der Waals surface area contributed by atoms with Crippen LogP contribution < -0.4 is 11.1 Å². The van der Waals surface area contributed by atoms with Gasteiger partial charge < -0.3 is 11.1 Å². The van der Waals surface area contributed by atoms with Gasteiger partial charge >= 0.3 is 0 Å². The van der Waals surface area contributed by atoms with Gasteiger partial charge in [-0.15, -0.1) is 0 Å². The minimum atomic E-state index is -2.67. The van der Waals surface area contributed by atoms with Crippen molar-refractivity contribution in [3.63, 3.8) is 0 Å². The highest BCUT2D eigenvalue weighted by Crippen LogP contribution is 2.36. The van der Waals surface area contributed by atoms with Crippen molar-refractivity contribution in [2.45, 2.75) is 31.6 Å². The standard InChI is InChI=1S/C13H15F3N2O/c14-9-5-10(17)7-11(6-9)18-12(19)8-1-3-13(15,16)4-2-8/h5-8H,1-4,17H2,(H,18,19). The van der Waals surface area contributed by atoms with Crippen molar-refractivity contribution in [3.05, 3.63) is 24.0 Å². The smallest absolute Gasteiger partial charge is 0.248 e. The molecule has 0 heterocycles. The van der Waals surface area contributed by atoms with Crippen molar-refractivity contribution in [2.24, 2.45) is 5.92 Å². The number of hydrogen-bond donors (Lipinski definition) is 2. The molecule has 1 aliphatic rings. The second kappa shape index (κ2) is 5.11. The van der Waals surface area contributed by atoms with Gasteiger partial charge in [-0.05, 0) is 31.0 Å². The van der Waals surface area contributed by atoms with Gasteiger partial charge in [0.25, 0.3) is 0 Å². The van der Waals surface area contributed by atoms with Crippen LogP contribution in [0, 0.1) is 11.7 Å². The Kier molecular flexibility index (Phi) is 3.68. The van der Waals surface area contributed by atoms with Crippen molar-refractivity contribution in [3.8, 4) is 0 Å². The molecule has 19 heavy (non-hydrogen) atoms. The maximum absolute atomic E-state index is 13.1. The highest BCUT2D eigenvalue weighted by Gasteiger charge is 2.37. The number of nitrogens with two attached hydrogens (primary N) is 1.